The maximum absolute atomic E-state index is 6.31. The molecule has 0 aromatic heterocycles. The first-order chi connectivity index (χ1) is 6.54. The molecule has 0 aliphatic carbocycles. The van der Waals surface area contributed by atoms with Crippen molar-refractivity contribution in [2.45, 2.75) is 38.5 Å². The monoisotopic (exact) mass is 209 g/mol. The van der Waals surface area contributed by atoms with Crippen molar-refractivity contribution in [3.8, 4) is 0 Å². The summed E-state index contributed by atoms with van der Waals surface area (Å²) in [6.45, 7) is 6.30. The summed E-state index contributed by atoms with van der Waals surface area (Å²) in [6.07, 6.45) is 2.04. The number of hydrogen-bond donors (Lipinski definition) is 0. The first-order valence-electron chi connectivity index (χ1n) is 5.12. The minimum Gasteiger partial charge on any atom is -0.119 e. The molecular weight excluding hydrogens is 192 g/mol. The van der Waals surface area contributed by atoms with Crippen molar-refractivity contribution in [1.82, 2.24) is 0 Å². The molecule has 1 rings (SSSR count). The first kappa shape index (κ1) is 11.6. The highest BCUT2D eigenvalue weighted by atomic mass is 35.5. The van der Waals surface area contributed by atoms with Crippen LogP contribution in [0.1, 0.15) is 32.8 Å². The summed E-state index contributed by atoms with van der Waals surface area (Å²) in [6, 6.07) is 10.5. The molecule has 0 unspecified atom stereocenters. The predicted molar refractivity (Wildman–Crippen MR) is 63.6 cm³/mol. The topological polar surface area (TPSA) is 0 Å². The Morgan fingerprint density at radius 2 is 1.79 bits per heavy atom. The summed E-state index contributed by atoms with van der Waals surface area (Å²) in [5, 5.41) is 0. The maximum atomic E-state index is 6.31. The van der Waals surface area contributed by atoms with E-state index in [0.717, 1.165) is 12.8 Å². The van der Waals surface area contributed by atoms with E-state index in [0.29, 0.717) is 0 Å². The Balaban J connectivity index is 2.67. The van der Waals surface area contributed by atoms with E-state index in [-0.39, 0.29) is 4.87 Å². The van der Waals surface area contributed by atoms with Crippen molar-refractivity contribution in [1.29, 1.82) is 0 Å². The maximum Gasteiger partial charge on any atom is 0.0455 e. The SMILES string of the molecule is CC[C](Cc1ccccc1)C(C)(C)Cl. The van der Waals surface area contributed by atoms with Crippen molar-refractivity contribution in [3.63, 3.8) is 0 Å². The van der Waals surface area contributed by atoms with Gasteiger partial charge in [-0.1, -0.05) is 37.3 Å². The van der Waals surface area contributed by atoms with Gasteiger partial charge in [-0.05, 0) is 32.3 Å². The van der Waals surface area contributed by atoms with Crippen molar-refractivity contribution in [2.75, 3.05) is 0 Å². The fourth-order valence-corrected chi connectivity index (χ4v) is 1.80. The van der Waals surface area contributed by atoms with Gasteiger partial charge in [-0.25, -0.2) is 0 Å². The smallest absolute Gasteiger partial charge is 0.0455 e. The van der Waals surface area contributed by atoms with Gasteiger partial charge in [0.25, 0.3) is 0 Å². The molecule has 1 aromatic carbocycles. The standard InChI is InChI=1S/C13H18Cl/c1-4-12(13(2,3)14)10-11-8-6-5-7-9-11/h5-9H,4,10H2,1-3H3. The molecule has 1 radical (unpaired) electrons. The summed E-state index contributed by atoms with van der Waals surface area (Å²) in [5.41, 5.74) is 1.35. The molecule has 0 aliphatic heterocycles. The van der Waals surface area contributed by atoms with Crippen molar-refractivity contribution in [3.05, 3.63) is 41.8 Å². The van der Waals surface area contributed by atoms with Crippen LogP contribution in [0.25, 0.3) is 0 Å². The fourth-order valence-electron chi connectivity index (χ4n) is 1.60. The third kappa shape index (κ3) is 3.34. The summed E-state index contributed by atoms with van der Waals surface area (Å²) in [5.74, 6) is 1.39. The van der Waals surface area contributed by atoms with Crippen LogP contribution in [0.2, 0.25) is 0 Å². The number of alkyl halides is 1. The van der Waals surface area contributed by atoms with Crippen LogP contribution in [0.15, 0.2) is 30.3 Å². The summed E-state index contributed by atoms with van der Waals surface area (Å²) in [7, 11) is 0. The fraction of sp³-hybridized carbons (Fsp3) is 0.462. The molecular formula is C13H18Cl. The normalized spacial score (nSPS) is 12.1. The van der Waals surface area contributed by atoms with Gasteiger partial charge in [-0.15, -0.1) is 11.6 Å². The number of hydrogen-bond acceptors (Lipinski definition) is 0. The number of halogens is 1. The minimum atomic E-state index is -0.190. The Kier molecular flexibility index (Phi) is 4.00. The van der Waals surface area contributed by atoms with Crippen LogP contribution in [0.3, 0.4) is 0 Å². The Morgan fingerprint density at radius 3 is 2.21 bits per heavy atom. The van der Waals surface area contributed by atoms with Gasteiger partial charge in [0.15, 0.2) is 0 Å². The second-order valence-electron chi connectivity index (χ2n) is 4.09. The minimum absolute atomic E-state index is 0.190. The van der Waals surface area contributed by atoms with Gasteiger partial charge in [0, 0.05) is 10.8 Å². The van der Waals surface area contributed by atoms with E-state index < -0.39 is 0 Å². The van der Waals surface area contributed by atoms with E-state index >= 15 is 0 Å². The van der Waals surface area contributed by atoms with Crippen molar-refractivity contribution < 1.29 is 0 Å². The molecule has 0 fully saturated rings. The molecule has 0 saturated heterocycles. The first-order valence-corrected chi connectivity index (χ1v) is 5.50. The van der Waals surface area contributed by atoms with Crippen LogP contribution in [0, 0.1) is 5.92 Å². The molecule has 0 atom stereocenters. The van der Waals surface area contributed by atoms with Crippen LogP contribution in [0.5, 0.6) is 0 Å². The highest BCUT2D eigenvalue weighted by molar-refractivity contribution is 6.24. The molecule has 14 heavy (non-hydrogen) atoms. The zero-order chi connectivity index (χ0) is 10.6. The largest absolute Gasteiger partial charge is 0.119 e. The summed E-state index contributed by atoms with van der Waals surface area (Å²) < 4.78 is 0. The van der Waals surface area contributed by atoms with E-state index in [1.165, 1.54) is 11.5 Å². The molecule has 0 spiro atoms. The lowest BCUT2D eigenvalue weighted by Gasteiger charge is -2.26. The second kappa shape index (κ2) is 4.84. The zero-order valence-electron chi connectivity index (χ0n) is 9.18. The molecule has 0 heterocycles. The second-order valence-corrected chi connectivity index (χ2v) is 5.04. The van der Waals surface area contributed by atoms with Gasteiger partial charge in [0.2, 0.25) is 0 Å². The Morgan fingerprint density at radius 1 is 1.21 bits per heavy atom. The molecule has 1 aromatic rings. The lowest BCUT2D eigenvalue weighted by atomic mass is 9.86. The van der Waals surface area contributed by atoms with Gasteiger partial charge in [-0.3, -0.25) is 0 Å². The van der Waals surface area contributed by atoms with Gasteiger partial charge >= 0.3 is 0 Å². The summed E-state index contributed by atoms with van der Waals surface area (Å²) in [4.78, 5) is -0.190. The van der Waals surface area contributed by atoms with E-state index in [2.05, 4.69) is 45.0 Å². The van der Waals surface area contributed by atoms with Crippen molar-refractivity contribution in [2.24, 2.45) is 0 Å². The molecule has 0 saturated carbocycles. The predicted octanol–water partition coefficient (Wildman–Crippen LogP) is 4.23. The van der Waals surface area contributed by atoms with E-state index in [4.69, 9.17) is 11.6 Å². The molecule has 0 bridgehead atoms. The molecule has 77 valence electrons. The number of rotatable bonds is 4. The Hall–Kier alpha value is -0.490. The van der Waals surface area contributed by atoms with Crippen LogP contribution in [0.4, 0.5) is 0 Å². The highest BCUT2D eigenvalue weighted by Gasteiger charge is 2.25. The van der Waals surface area contributed by atoms with Crippen LogP contribution in [-0.2, 0) is 6.42 Å². The molecule has 0 N–H and O–H groups in total. The van der Waals surface area contributed by atoms with E-state index in [9.17, 15) is 0 Å². The van der Waals surface area contributed by atoms with Crippen LogP contribution in [-0.4, -0.2) is 4.87 Å². The van der Waals surface area contributed by atoms with Gasteiger partial charge in [0.1, 0.15) is 0 Å². The quantitative estimate of drug-likeness (QED) is 0.651. The van der Waals surface area contributed by atoms with Crippen LogP contribution >= 0.6 is 11.6 Å². The van der Waals surface area contributed by atoms with E-state index in [1.54, 1.807) is 0 Å². The average Bonchev–Trinajstić information content (AvgIpc) is 2.14. The van der Waals surface area contributed by atoms with E-state index in [1.807, 2.05) is 6.07 Å². The van der Waals surface area contributed by atoms with Gasteiger partial charge < -0.3 is 0 Å². The summed E-state index contributed by atoms with van der Waals surface area (Å²) >= 11 is 6.31. The zero-order valence-corrected chi connectivity index (χ0v) is 9.93. The highest BCUT2D eigenvalue weighted by Crippen LogP contribution is 2.31. The molecule has 1 heteroatoms. The van der Waals surface area contributed by atoms with Gasteiger partial charge in [-0.2, -0.15) is 0 Å². The third-order valence-corrected chi connectivity index (χ3v) is 2.80. The van der Waals surface area contributed by atoms with Crippen molar-refractivity contribution >= 4 is 11.6 Å². The third-order valence-electron chi connectivity index (χ3n) is 2.53. The lowest BCUT2D eigenvalue weighted by Crippen LogP contribution is -2.23. The Bertz CT molecular complexity index is 258. The van der Waals surface area contributed by atoms with Gasteiger partial charge in [0.05, 0.1) is 0 Å². The molecule has 0 amide bonds. The molecule has 0 aliphatic rings. The Labute approximate surface area is 92.3 Å². The number of benzene rings is 1. The average molecular weight is 210 g/mol. The molecule has 0 nitrogen and oxygen atoms in total. The van der Waals surface area contributed by atoms with Crippen LogP contribution < -0.4 is 0 Å². The lowest BCUT2D eigenvalue weighted by molar-refractivity contribution is 0.626.